The molecule has 0 saturated carbocycles. The Morgan fingerprint density at radius 2 is 0.596 bits per heavy atom. The van der Waals surface area contributed by atoms with E-state index >= 15 is 0 Å². The van der Waals surface area contributed by atoms with Crippen LogP contribution in [0, 0.1) is 0 Å². The van der Waals surface area contributed by atoms with Gasteiger partial charge >= 0.3 is 0 Å². The van der Waals surface area contributed by atoms with Crippen LogP contribution < -0.4 is 0 Å². The van der Waals surface area contributed by atoms with Gasteiger partial charge in [0.15, 0.2) is 0 Å². The highest BCUT2D eigenvalue weighted by Gasteiger charge is 2.30. The van der Waals surface area contributed by atoms with E-state index in [-0.39, 0.29) is 0 Å². The van der Waals surface area contributed by atoms with Crippen molar-refractivity contribution in [2.24, 2.45) is 0 Å². The summed E-state index contributed by atoms with van der Waals surface area (Å²) in [7, 11) is 0. The van der Waals surface area contributed by atoms with Gasteiger partial charge in [0, 0.05) is 89.1 Å². The summed E-state index contributed by atoms with van der Waals surface area (Å²) in [6.07, 6.45) is 4.13. The topological polar surface area (TPSA) is 35.6 Å². The third-order valence-electron chi connectivity index (χ3n) is 20.0. The molecule has 18 aromatic rings. The van der Waals surface area contributed by atoms with Gasteiger partial charge < -0.3 is 9.13 Å². The predicted octanol–water partition coefficient (Wildman–Crippen LogP) is 23.9. The number of benzene rings is 14. The smallest absolute Gasteiger partial charge is 0.0788 e. The maximum atomic E-state index is 5.43. The van der Waals surface area contributed by atoms with Crippen LogP contribution >= 0.6 is 0 Å². The van der Waals surface area contributed by atoms with Gasteiger partial charge in [0.2, 0.25) is 0 Å². The van der Waals surface area contributed by atoms with E-state index in [1.807, 2.05) is 6.20 Å². The minimum atomic E-state index is 0.971. The molecule has 4 heterocycles. The van der Waals surface area contributed by atoms with E-state index < -0.39 is 0 Å². The van der Waals surface area contributed by atoms with Gasteiger partial charge in [-0.2, -0.15) is 0 Å². The van der Waals surface area contributed by atoms with Crippen molar-refractivity contribution in [2.45, 2.75) is 0 Å². The summed E-state index contributed by atoms with van der Waals surface area (Å²) >= 11 is 0. The molecule has 0 radical (unpaired) electrons. The number of nitrogens with zero attached hydrogens (tertiary/aromatic N) is 4. The van der Waals surface area contributed by atoms with Crippen LogP contribution in [0.5, 0.6) is 0 Å². The summed E-state index contributed by atoms with van der Waals surface area (Å²) in [6, 6.07) is 116. The molecule has 0 saturated heterocycles. The Balaban J connectivity index is 0.716. The largest absolute Gasteiger partial charge is 0.309 e. The number of fused-ring (bicyclic) bond motifs is 12. The van der Waals surface area contributed by atoms with Crippen molar-refractivity contribution in [3.05, 3.63) is 328 Å². The average molecular weight is 1190 g/mol. The van der Waals surface area contributed by atoms with Crippen molar-refractivity contribution in [2.75, 3.05) is 0 Å². The third-order valence-corrected chi connectivity index (χ3v) is 20.0. The summed E-state index contributed by atoms with van der Waals surface area (Å²) in [6.45, 7) is 0. The summed E-state index contributed by atoms with van der Waals surface area (Å²) in [4.78, 5) is 10.6. The first-order chi connectivity index (χ1) is 46.6. The standard InChI is InChI=1S/C90H54N4/c1-4-19-55(20-5-1)58-39-42-82-78(50-58)79-51-59(56-21-6-2-7-22-56)40-43-83(79)94(82)69-30-15-26-62(49-69)90-88-76-37-18-34-70(86(76)75-36-17-28-64(54-92-90)85(75)88)67-46-65(57-23-8-3-9-24-57)45-66(47-67)60-41-44-81-77(52-60)72-32-12-13-38-80(72)93(81)68-29-14-25-61(48-68)89-87-74-33-11-10-31-71(74)73-35-16-27-63(53-91-89)84(73)87/h1-54H. The molecule has 0 unspecified atom stereocenters. The highest BCUT2D eigenvalue weighted by molar-refractivity contribution is 6.22. The van der Waals surface area contributed by atoms with E-state index in [1.54, 1.807) is 0 Å². The van der Waals surface area contributed by atoms with Crippen molar-refractivity contribution in [3.8, 4) is 134 Å². The van der Waals surface area contributed by atoms with Gasteiger partial charge in [0.25, 0.3) is 0 Å². The van der Waals surface area contributed by atoms with E-state index in [1.165, 1.54) is 110 Å². The monoisotopic (exact) mass is 1190 g/mol. The molecule has 0 atom stereocenters. The van der Waals surface area contributed by atoms with Crippen LogP contribution in [0.15, 0.2) is 328 Å². The number of hydrogen-bond donors (Lipinski definition) is 0. The van der Waals surface area contributed by atoms with Gasteiger partial charge in [-0.3, -0.25) is 9.97 Å². The van der Waals surface area contributed by atoms with E-state index in [2.05, 4.69) is 331 Å². The van der Waals surface area contributed by atoms with Gasteiger partial charge in [0.1, 0.15) is 0 Å². The predicted molar refractivity (Wildman–Crippen MR) is 393 cm³/mol. The minimum Gasteiger partial charge on any atom is -0.309 e. The Bertz CT molecular complexity index is 6110. The lowest BCUT2D eigenvalue weighted by Crippen LogP contribution is -1.96. The first kappa shape index (κ1) is 52.3. The molecule has 0 aliphatic heterocycles. The van der Waals surface area contributed by atoms with Crippen LogP contribution in [0.1, 0.15) is 0 Å². The maximum absolute atomic E-state index is 5.43. The lowest BCUT2D eigenvalue weighted by molar-refractivity contribution is 1.18. The number of aromatic nitrogens is 4. The number of rotatable bonds is 9. The summed E-state index contributed by atoms with van der Waals surface area (Å²) in [5, 5.41) is 9.64. The normalized spacial score (nSPS) is 12.0. The number of para-hydroxylation sites is 1. The fourth-order valence-corrected chi connectivity index (χ4v) is 15.9. The molecular formula is C90H54N4. The zero-order valence-corrected chi connectivity index (χ0v) is 51.0. The molecule has 0 amide bonds. The zero-order valence-electron chi connectivity index (χ0n) is 51.0. The molecule has 0 bridgehead atoms. The second-order valence-electron chi connectivity index (χ2n) is 25.2. The molecule has 20 rings (SSSR count). The van der Waals surface area contributed by atoms with E-state index in [4.69, 9.17) is 9.97 Å². The minimum absolute atomic E-state index is 0.971. The molecule has 4 heteroatoms. The van der Waals surface area contributed by atoms with Gasteiger partial charge in [0.05, 0.1) is 33.5 Å². The van der Waals surface area contributed by atoms with Crippen molar-refractivity contribution in [3.63, 3.8) is 0 Å². The molecule has 94 heavy (non-hydrogen) atoms. The quantitative estimate of drug-likeness (QED) is 0.144. The first-order valence-corrected chi connectivity index (χ1v) is 32.3. The van der Waals surface area contributed by atoms with Crippen LogP contribution in [-0.4, -0.2) is 19.1 Å². The Morgan fingerprint density at radius 3 is 1.19 bits per heavy atom. The Kier molecular flexibility index (Phi) is 11.4. The van der Waals surface area contributed by atoms with Gasteiger partial charge in [-0.1, -0.05) is 231 Å². The van der Waals surface area contributed by atoms with Gasteiger partial charge in [-0.15, -0.1) is 0 Å². The van der Waals surface area contributed by atoms with E-state index in [0.29, 0.717) is 0 Å². The van der Waals surface area contributed by atoms with Crippen molar-refractivity contribution in [1.29, 1.82) is 0 Å². The molecule has 2 aliphatic carbocycles. The highest BCUT2D eigenvalue weighted by atomic mass is 15.0. The molecule has 0 fully saturated rings. The zero-order chi connectivity index (χ0) is 61.5. The van der Waals surface area contributed by atoms with Crippen molar-refractivity contribution in [1.82, 2.24) is 19.1 Å². The SMILES string of the molecule is c1ccc(-c2cc(-c3ccc4c(c3)c3ccccc3n4-c3cccc(-c4ncc5cccc6c5c4-c4ccccc4-6)c3)cc(-c3cccc4c3-c3cccc5cnc(-c6cccc(-n7c8ccc(-c9ccccc9)cc8c8cc(-c9ccccc9)ccc87)c6)c-4c35)c2)cc1. The molecule has 0 spiro atoms. The summed E-state index contributed by atoms with van der Waals surface area (Å²) < 4.78 is 4.87. The van der Waals surface area contributed by atoms with Crippen LogP contribution in [0.25, 0.3) is 199 Å². The fourth-order valence-electron chi connectivity index (χ4n) is 15.9. The lowest BCUT2D eigenvalue weighted by atomic mass is 9.88. The lowest BCUT2D eigenvalue weighted by Gasteiger charge is -2.16. The second-order valence-corrected chi connectivity index (χ2v) is 25.2. The molecule has 4 nitrogen and oxygen atoms in total. The van der Waals surface area contributed by atoms with Crippen LogP contribution in [-0.2, 0) is 0 Å². The molecule has 2 aliphatic rings. The molecule has 4 aromatic heterocycles. The second kappa shape index (κ2) is 20.5. The summed E-state index contributed by atoms with van der Waals surface area (Å²) in [5.74, 6) is 0. The van der Waals surface area contributed by atoms with E-state index in [9.17, 15) is 0 Å². The molecule has 0 N–H and O–H groups in total. The molecular weight excluding hydrogens is 1140 g/mol. The average Bonchev–Trinajstić information content (AvgIpc) is 1.64. The Hall–Kier alpha value is -12.5. The Labute approximate surface area is 542 Å². The third kappa shape index (κ3) is 7.93. The Morgan fingerprint density at radius 1 is 0.202 bits per heavy atom. The number of pyridine rings is 2. The van der Waals surface area contributed by atoms with Crippen molar-refractivity contribution < 1.29 is 0 Å². The molecule has 434 valence electrons. The van der Waals surface area contributed by atoms with Crippen molar-refractivity contribution >= 4 is 65.2 Å². The first-order valence-electron chi connectivity index (χ1n) is 32.3. The van der Waals surface area contributed by atoms with E-state index in [0.717, 1.165) is 89.0 Å². The summed E-state index contributed by atoms with van der Waals surface area (Å²) in [5.41, 5.74) is 32.5. The van der Waals surface area contributed by atoms with Gasteiger partial charge in [-0.05, 0) is 174 Å². The van der Waals surface area contributed by atoms with Crippen LogP contribution in [0.3, 0.4) is 0 Å². The highest BCUT2D eigenvalue weighted by Crippen LogP contribution is 2.55. The fraction of sp³-hybridized carbons (Fsp3) is 0. The number of hydrogen-bond acceptors (Lipinski definition) is 2. The maximum Gasteiger partial charge on any atom is 0.0788 e. The van der Waals surface area contributed by atoms with Gasteiger partial charge in [-0.25, -0.2) is 0 Å². The molecule has 14 aromatic carbocycles. The van der Waals surface area contributed by atoms with Crippen LogP contribution in [0.4, 0.5) is 0 Å². The van der Waals surface area contributed by atoms with Crippen LogP contribution in [0.2, 0.25) is 0 Å².